The molecule has 1 radical (unpaired) electrons. The minimum absolute atomic E-state index is 0.401. The minimum atomic E-state index is -2.26. The van der Waals surface area contributed by atoms with Crippen molar-refractivity contribution in [3.63, 3.8) is 0 Å². The van der Waals surface area contributed by atoms with Gasteiger partial charge in [0.25, 0.3) is 0 Å². The third-order valence-electron chi connectivity index (χ3n) is 6.69. The Hall–Kier alpha value is -5.17. The van der Waals surface area contributed by atoms with Crippen LogP contribution in [0.25, 0.3) is 0 Å². The number of carbonyl (C=O) groups excluding carboxylic acids is 3. The molecule has 3 aromatic rings. The van der Waals surface area contributed by atoms with Gasteiger partial charge in [-0.1, -0.05) is 0 Å². The first-order valence-electron chi connectivity index (χ1n) is 12.6. The van der Waals surface area contributed by atoms with E-state index < -0.39 is 138 Å². The summed E-state index contributed by atoms with van der Waals surface area (Å²) in [4.78, 5) is 38.3. The van der Waals surface area contributed by atoms with Gasteiger partial charge in [-0.05, 0) is 0 Å². The molecular formula is C27H24GaO17. The zero-order valence-electron chi connectivity index (χ0n) is 22.5. The molecule has 18 heteroatoms. The third-order valence-corrected chi connectivity index (χ3v) is 10.9. The van der Waals surface area contributed by atoms with E-state index in [0.29, 0.717) is 0 Å². The molecule has 0 bridgehead atoms. The zero-order chi connectivity index (χ0) is 33.3. The summed E-state index contributed by atoms with van der Waals surface area (Å²) in [6, 6.07) is 4.53. The Labute approximate surface area is 258 Å². The first-order chi connectivity index (χ1) is 21.1. The molecule has 0 amide bonds. The van der Waals surface area contributed by atoms with Gasteiger partial charge in [0.15, 0.2) is 0 Å². The van der Waals surface area contributed by atoms with E-state index in [0.717, 1.165) is 36.4 Å². The summed E-state index contributed by atoms with van der Waals surface area (Å²) in [5.41, 5.74) is -1.39. The molecule has 1 aliphatic heterocycles. The van der Waals surface area contributed by atoms with Crippen LogP contribution in [-0.2, 0) is 14.2 Å². The first kappa shape index (κ1) is 32.7. The van der Waals surface area contributed by atoms with Crippen molar-refractivity contribution in [2.75, 3.05) is 6.61 Å². The van der Waals surface area contributed by atoms with E-state index >= 15 is 0 Å². The Morgan fingerprint density at radius 1 is 0.556 bits per heavy atom. The summed E-state index contributed by atoms with van der Waals surface area (Å²) in [5, 5.41) is 109. The number of hydrogen-bond donors (Lipinski definition) is 11. The van der Waals surface area contributed by atoms with Crippen molar-refractivity contribution in [1.29, 1.82) is 0 Å². The maximum absolute atomic E-state index is 12.9. The van der Waals surface area contributed by atoms with Gasteiger partial charge in [-0.15, -0.1) is 0 Å². The predicted octanol–water partition coefficient (Wildman–Crippen LogP) is -0.169. The Morgan fingerprint density at radius 3 is 1.31 bits per heavy atom. The fourth-order valence-electron chi connectivity index (χ4n) is 4.31. The zero-order valence-corrected chi connectivity index (χ0v) is 24.9. The number of esters is 3. The molecule has 1 saturated heterocycles. The molecule has 1 heterocycles. The summed E-state index contributed by atoms with van der Waals surface area (Å²) in [6.07, 6.45) is -5.54. The van der Waals surface area contributed by atoms with Crippen LogP contribution in [0.15, 0.2) is 36.4 Å². The van der Waals surface area contributed by atoms with Crippen molar-refractivity contribution in [3.05, 3.63) is 53.1 Å². The standard InChI is InChI=1S/C27H24O17.Ga/c28-13(1-2-42-25(39)10-3-14(29)21(36)15(30)4-10)24(44-27(41)12-7-18(33)23(38)19(34)8-12)20(35)9-43-26(40)11-5-16(31)22(37)17(32)6-11;/h1,3-9,13,20,24,28-38H,2H2;/t13-,20+,24+;/m1./s1. The molecular weight excluding hydrogens is 666 g/mol. The van der Waals surface area contributed by atoms with Crippen molar-refractivity contribution >= 4 is 35.3 Å². The molecule has 0 unspecified atom stereocenters. The molecule has 5 atom stereocenters. The second-order valence-corrected chi connectivity index (χ2v) is 13.7. The summed E-state index contributed by atoms with van der Waals surface area (Å²) < 4.78 is 13.2. The number of aliphatic hydroxyl groups excluding tert-OH is 2. The number of benzene rings is 3. The van der Waals surface area contributed by atoms with Crippen molar-refractivity contribution in [2.24, 2.45) is 0 Å². The number of phenols is 9. The number of phenolic OH excluding ortho intramolecular Hbond substituents is 9. The van der Waals surface area contributed by atoms with Crippen LogP contribution < -0.4 is 0 Å². The van der Waals surface area contributed by atoms with Crippen LogP contribution in [0, 0.1) is 0 Å². The number of aromatic hydroxyl groups is 9. The van der Waals surface area contributed by atoms with Gasteiger partial charge in [-0.25, -0.2) is 0 Å². The Morgan fingerprint density at radius 2 is 0.911 bits per heavy atom. The van der Waals surface area contributed by atoms with E-state index in [9.17, 15) is 70.6 Å². The molecule has 0 saturated carbocycles. The average molecular weight is 690 g/mol. The quantitative estimate of drug-likeness (QED) is 0.0664. The van der Waals surface area contributed by atoms with E-state index in [4.69, 9.17) is 14.2 Å². The number of ether oxygens (including phenoxy) is 3. The number of carbonyl (C=O) groups is 3. The Kier molecular flexibility index (Phi) is 9.33. The molecule has 1 fully saturated rings. The number of aliphatic hydroxyl groups is 2. The molecule has 45 heavy (non-hydrogen) atoms. The van der Waals surface area contributed by atoms with Crippen LogP contribution in [0.4, 0.5) is 0 Å². The summed E-state index contributed by atoms with van der Waals surface area (Å²) in [6.45, 7) is -0.626. The van der Waals surface area contributed by atoms with Gasteiger partial charge in [0.1, 0.15) is 0 Å². The first-order valence-corrected chi connectivity index (χ1v) is 15.4. The number of hydrogen-bond acceptors (Lipinski definition) is 17. The van der Waals surface area contributed by atoms with Gasteiger partial charge in [0, 0.05) is 0 Å². The second kappa shape index (κ2) is 12.8. The predicted molar refractivity (Wildman–Crippen MR) is 145 cm³/mol. The van der Waals surface area contributed by atoms with Crippen molar-refractivity contribution in [1.82, 2.24) is 0 Å². The molecule has 3 aromatic carbocycles. The van der Waals surface area contributed by atoms with Crippen LogP contribution in [0.5, 0.6) is 51.7 Å². The van der Waals surface area contributed by atoms with Gasteiger partial charge in [-0.2, -0.15) is 0 Å². The van der Waals surface area contributed by atoms with Gasteiger partial charge in [0.05, 0.1) is 0 Å². The SMILES string of the molecule is O=C(OC[C@H]1[Ga][C@@H](OC(=O)c2cc(O)c(O)c(O)c2)[C@H](O)[C@@H](OC(=O)c2cc(O)c(O)c(O)c2)[C@@H]1O)c1cc(O)c(O)c(O)c1. The van der Waals surface area contributed by atoms with Crippen molar-refractivity contribution in [3.8, 4) is 51.7 Å². The molecule has 0 spiro atoms. The molecule has 17 nitrogen and oxygen atoms in total. The van der Waals surface area contributed by atoms with Crippen molar-refractivity contribution in [2.45, 2.75) is 27.4 Å². The van der Waals surface area contributed by atoms with Crippen LogP contribution in [0.1, 0.15) is 31.1 Å². The molecule has 4 rings (SSSR count). The normalized spacial score (nSPS) is 20.9. The van der Waals surface area contributed by atoms with Crippen LogP contribution in [0.2, 0.25) is 4.47 Å². The molecule has 0 aliphatic carbocycles. The number of rotatable bonds is 7. The van der Waals surface area contributed by atoms with Crippen molar-refractivity contribution < 1.29 is 84.8 Å². The molecule has 11 N–H and O–H groups in total. The monoisotopic (exact) mass is 689 g/mol. The van der Waals surface area contributed by atoms with Crippen LogP contribution in [-0.4, -0.2) is 121 Å². The summed E-state index contributed by atoms with van der Waals surface area (Å²) in [5.74, 6) is -11.6. The maximum atomic E-state index is 12.9. The van der Waals surface area contributed by atoms with Gasteiger partial charge in [0.2, 0.25) is 0 Å². The fourth-order valence-corrected chi connectivity index (χ4v) is 8.07. The topological polar surface area (TPSA) is 301 Å². The summed E-state index contributed by atoms with van der Waals surface area (Å²) >= 11 is -2.26. The van der Waals surface area contributed by atoms with Gasteiger partial charge in [-0.3, -0.25) is 0 Å². The van der Waals surface area contributed by atoms with Crippen LogP contribution in [0.3, 0.4) is 0 Å². The van der Waals surface area contributed by atoms with E-state index in [1.54, 1.807) is 0 Å². The Balaban J connectivity index is 1.59. The average Bonchev–Trinajstić information content (AvgIpc) is 2.99. The molecule has 0 aromatic heterocycles. The molecule has 1 aliphatic rings. The Bertz CT molecular complexity index is 1590. The van der Waals surface area contributed by atoms with E-state index in [1.165, 1.54) is 0 Å². The van der Waals surface area contributed by atoms with Gasteiger partial charge < -0.3 is 0 Å². The van der Waals surface area contributed by atoms with E-state index in [-0.39, 0.29) is 0 Å². The fraction of sp³-hybridized carbons (Fsp3) is 0.222. The van der Waals surface area contributed by atoms with Gasteiger partial charge >= 0.3 is 259 Å². The summed E-state index contributed by atoms with van der Waals surface area (Å²) in [7, 11) is 0. The second-order valence-electron chi connectivity index (χ2n) is 9.77. The van der Waals surface area contributed by atoms with E-state index in [1.807, 2.05) is 0 Å². The molecule has 237 valence electrons. The van der Waals surface area contributed by atoms with Crippen LogP contribution >= 0.6 is 0 Å². The third kappa shape index (κ3) is 6.83. The van der Waals surface area contributed by atoms with E-state index in [2.05, 4.69) is 0 Å².